The third kappa shape index (κ3) is 5.56. The number of hydrogen-bond donors (Lipinski definition) is 0. The molecule has 4 nitrogen and oxygen atoms in total. The number of hydrogen-bond acceptors (Lipinski definition) is 3. The van der Waals surface area contributed by atoms with Gasteiger partial charge in [0.1, 0.15) is 5.75 Å². The Bertz CT molecular complexity index is 419. The highest BCUT2D eigenvalue weighted by molar-refractivity contribution is 6.17. The molecule has 1 amide bonds. The predicted molar refractivity (Wildman–Crippen MR) is 82.8 cm³/mol. The molecule has 0 bridgehead atoms. The Morgan fingerprint density at radius 1 is 1.19 bits per heavy atom. The van der Waals surface area contributed by atoms with Gasteiger partial charge in [0.25, 0.3) is 0 Å². The van der Waals surface area contributed by atoms with Crippen LogP contribution in [0.4, 0.5) is 0 Å². The Morgan fingerprint density at radius 3 is 2.57 bits per heavy atom. The zero-order chi connectivity index (χ0) is 14.9. The second-order valence-electron chi connectivity index (χ2n) is 5.05. The lowest BCUT2D eigenvalue weighted by molar-refractivity contribution is -0.134. The van der Waals surface area contributed by atoms with Crippen molar-refractivity contribution in [2.45, 2.75) is 25.4 Å². The lowest BCUT2D eigenvalue weighted by Crippen LogP contribution is -2.41. The standard InChI is InChI=1S/C16H22ClNO3/c17-9-13-21-15-6-10-18(11-7-15)16(19)8-12-20-14-4-2-1-3-5-14/h1-5,15H,6-13H2. The summed E-state index contributed by atoms with van der Waals surface area (Å²) in [5.74, 6) is 1.48. The highest BCUT2D eigenvalue weighted by atomic mass is 35.5. The first-order chi connectivity index (χ1) is 10.3. The molecule has 5 heteroatoms. The maximum absolute atomic E-state index is 12.1. The van der Waals surface area contributed by atoms with Crippen LogP contribution in [0.25, 0.3) is 0 Å². The van der Waals surface area contributed by atoms with Crippen molar-refractivity contribution in [1.82, 2.24) is 4.90 Å². The van der Waals surface area contributed by atoms with E-state index in [-0.39, 0.29) is 12.0 Å². The van der Waals surface area contributed by atoms with E-state index in [4.69, 9.17) is 21.1 Å². The fourth-order valence-electron chi connectivity index (χ4n) is 2.41. The van der Waals surface area contributed by atoms with Crippen LogP contribution in [0.1, 0.15) is 19.3 Å². The molecule has 1 fully saturated rings. The SMILES string of the molecule is O=C(CCOc1ccccc1)N1CCC(OCCCl)CC1. The number of halogens is 1. The highest BCUT2D eigenvalue weighted by Crippen LogP contribution is 2.15. The third-order valence-electron chi connectivity index (χ3n) is 3.55. The monoisotopic (exact) mass is 311 g/mol. The van der Waals surface area contributed by atoms with Crippen molar-refractivity contribution in [2.24, 2.45) is 0 Å². The Kier molecular flexibility index (Phi) is 6.83. The Hall–Kier alpha value is -1.26. The van der Waals surface area contributed by atoms with Crippen LogP contribution in [0.5, 0.6) is 5.75 Å². The van der Waals surface area contributed by atoms with Gasteiger partial charge in [0.15, 0.2) is 0 Å². The predicted octanol–water partition coefficient (Wildman–Crippen LogP) is 2.70. The molecule has 0 N–H and O–H groups in total. The lowest BCUT2D eigenvalue weighted by atomic mass is 10.1. The van der Waals surface area contributed by atoms with Gasteiger partial charge in [0, 0.05) is 19.0 Å². The molecule has 1 aliphatic heterocycles. The molecule has 1 heterocycles. The van der Waals surface area contributed by atoms with E-state index in [1.54, 1.807) is 0 Å². The summed E-state index contributed by atoms with van der Waals surface area (Å²) >= 11 is 5.60. The molecule has 2 rings (SSSR count). The molecule has 0 spiro atoms. The molecule has 0 saturated carbocycles. The minimum Gasteiger partial charge on any atom is -0.493 e. The summed E-state index contributed by atoms with van der Waals surface area (Å²) in [5.41, 5.74) is 0. The van der Waals surface area contributed by atoms with Crippen LogP contribution in [0.2, 0.25) is 0 Å². The van der Waals surface area contributed by atoms with E-state index in [0.29, 0.717) is 25.5 Å². The van der Waals surface area contributed by atoms with E-state index in [9.17, 15) is 4.79 Å². The number of ether oxygens (including phenoxy) is 2. The number of amides is 1. The summed E-state index contributed by atoms with van der Waals surface area (Å²) in [7, 11) is 0. The van der Waals surface area contributed by atoms with Gasteiger partial charge in [-0.15, -0.1) is 11.6 Å². The van der Waals surface area contributed by atoms with Crippen molar-refractivity contribution < 1.29 is 14.3 Å². The molecule has 0 unspecified atom stereocenters. The minimum atomic E-state index is 0.154. The van der Waals surface area contributed by atoms with Crippen LogP contribution in [0.15, 0.2) is 30.3 Å². The number of para-hydroxylation sites is 1. The van der Waals surface area contributed by atoms with Gasteiger partial charge < -0.3 is 14.4 Å². The Balaban J connectivity index is 1.63. The van der Waals surface area contributed by atoms with Crippen LogP contribution < -0.4 is 4.74 Å². The first-order valence-electron chi connectivity index (χ1n) is 7.43. The van der Waals surface area contributed by atoms with E-state index in [1.165, 1.54) is 0 Å². The first kappa shape index (κ1) is 16.1. The van der Waals surface area contributed by atoms with E-state index in [2.05, 4.69) is 0 Å². The van der Waals surface area contributed by atoms with Gasteiger partial charge in [-0.05, 0) is 25.0 Å². The molecular weight excluding hydrogens is 290 g/mol. The van der Waals surface area contributed by atoms with E-state index in [0.717, 1.165) is 31.7 Å². The number of rotatable bonds is 7. The van der Waals surface area contributed by atoms with Gasteiger partial charge in [-0.3, -0.25) is 4.79 Å². The average molecular weight is 312 g/mol. The van der Waals surface area contributed by atoms with Crippen molar-refractivity contribution in [3.8, 4) is 5.75 Å². The summed E-state index contributed by atoms with van der Waals surface area (Å²) in [6.07, 6.45) is 2.44. The molecule has 0 radical (unpaired) electrons. The molecule has 0 atom stereocenters. The van der Waals surface area contributed by atoms with Crippen LogP contribution in [0, 0.1) is 0 Å². The second-order valence-corrected chi connectivity index (χ2v) is 5.43. The summed E-state index contributed by atoms with van der Waals surface area (Å²) in [6.45, 7) is 2.53. The molecule has 116 valence electrons. The summed E-state index contributed by atoms with van der Waals surface area (Å²) in [6, 6.07) is 9.56. The van der Waals surface area contributed by atoms with E-state index < -0.39 is 0 Å². The molecule has 21 heavy (non-hydrogen) atoms. The number of likely N-dealkylation sites (tertiary alicyclic amines) is 1. The number of nitrogens with zero attached hydrogens (tertiary/aromatic N) is 1. The van der Waals surface area contributed by atoms with Gasteiger partial charge in [0.05, 0.1) is 25.7 Å². The van der Waals surface area contributed by atoms with E-state index >= 15 is 0 Å². The van der Waals surface area contributed by atoms with Crippen molar-refractivity contribution >= 4 is 17.5 Å². The van der Waals surface area contributed by atoms with Gasteiger partial charge in [-0.25, -0.2) is 0 Å². The van der Waals surface area contributed by atoms with Crippen LogP contribution in [-0.2, 0) is 9.53 Å². The van der Waals surface area contributed by atoms with Crippen molar-refractivity contribution in [3.63, 3.8) is 0 Å². The number of piperidine rings is 1. The molecule has 1 saturated heterocycles. The van der Waals surface area contributed by atoms with Gasteiger partial charge >= 0.3 is 0 Å². The lowest BCUT2D eigenvalue weighted by Gasteiger charge is -2.31. The quantitative estimate of drug-likeness (QED) is 0.727. The van der Waals surface area contributed by atoms with Crippen molar-refractivity contribution in [3.05, 3.63) is 30.3 Å². The smallest absolute Gasteiger partial charge is 0.226 e. The molecule has 1 aliphatic rings. The zero-order valence-corrected chi connectivity index (χ0v) is 12.9. The van der Waals surface area contributed by atoms with Gasteiger partial charge in [-0.2, -0.15) is 0 Å². The molecule has 1 aromatic rings. The topological polar surface area (TPSA) is 38.8 Å². The number of benzene rings is 1. The maximum Gasteiger partial charge on any atom is 0.226 e. The molecule has 1 aromatic carbocycles. The van der Waals surface area contributed by atoms with Crippen LogP contribution >= 0.6 is 11.6 Å². The van der Waals surface area contributed by atoms with Crippen molar-refractivity contribution in [1.29, 1.82) is 0 Å². The summed E-state index contributed by atoms with van der Waals surface area (Å²) in [4.78, 5) is 14.0. The van der Waals surface area contributed by atoms with Crippen molar-refractivity contribution in [2.75, 3.05) is 32.2 Å². The second kappa shape index (κ2) is 8.90. The largest absolute Gasteiger partial charge is 0.493 e. The van der Waals surface area contributed by atoms with Crippen LogP contribution in [0.3, 0.4) is 0 Å². The molecule has 0 aliphatic carbocycles. The number of alkyl halides is 1. The molecular formula is C16H22ClNO3. The third-order valence-corrected chi connectivity index (χ3v) is 3.71. The molecule has 0 aromatic heterocycles. The average Bonchev–Trinajstić information content (AvgIpc) is 2.54. The Morgan fingerprint density at radius 2 is 1.90 bits per heavy atom. The minimum absolute atomic E-state index is 0.154. The van der Waals surface area contributed by atoms with E-state index in [1.807, 2.05) is 35.2 Å². The van der Waals surface area contributed by atoms with Gasteiger partial charge in [-0.1, -0.05) is 18.2 Å². The normalized spacial score (nSPS) is 16.0. The zero-order valence-electron chi connectivity index (χ0n) is 12.2. The van der Waals surface area contributed by atoms with Crippen LogP contribution in [-0.4, -0.2) is 49.1 Å². The Labute approximate surface area is 131 Å². The fourth-order valence-corrected chi connectivity index (χ4v) is 2.50. The summed E-state index contributed by atoms with van der Waals surface area (Å²) in [5, 5.41) is 0. The first-order valence-corrected chi connectivity index (χ1v) is 7.96. The maximum atomic E-state index is 12.1. The fraction of sp³-hybridized carbons (Fsp3) is 0.562. The summed E-state index contributed by atoms with van der Waals surface area (Å²) < 4.78 is 11.2. The van der Waals surface area contributed by atoms with Gasteiger partial charge in [0.2, 0.25) is 5.91 Å². The number of carbonyl (C=O) groups excluding carboxylic acids is 1. The highest BCUT2D eigenvalue weighted by Gasteiger charge is 2.22. The number of carbonyl (C=O) groups is 1.